The van der Waals surface area contributed by atoms with Gasteiger partial charge in [-0.25, -0.2) is 0 Å². The fourth-order valence-electron chi connectivity index (χ4n) is 2.90. The topological polar surface area (TPSA) is 20.3 Å². The molecule has 0 radical (unpaired) electrons. The van der Waals surface area contributed by atoms with Gasteiger partial charge >= 0.3 is 0 Å². The number of benzene rings is 2. The third-order valence-corrected chi connectivity index (χ3v) is 3.94. The molecule has 1 atom stereocenters. The molecular weight excluding hydrogens is 246 g/mol. The van der Waals surface area contributed by atoms with Crippen LogP contribution in [0.15, 0.2) is 54.6 Å². The average molecular weight is 265 g/mol. The Balaban J connectivity index is 1.71. The Kier molecular flexibility index (Phi) is 3.55. The first kappa shape index (κ1) is 12.9. The molecule has 0 saturated carbocycles. The van der Waals surface area contributed by atoms with Crippen molar-refractivity contribution in [2.45, 2.75) is 25.8 Å². The lowest BCUT2D eigenvalue weighted by atomic mass is 9.98. The predicted molar refractivity (Wildman–Crippen MR) is 80.4 cm³/mol. The SMILES string of the molecule is Cc1cccc(CN2CC(c3ccccc3)CC2=O)c1. The molecule has 0 N–H and O–H groups in total. The van der Waals surface area contributed by atoms with Crippen molar-refractivity contribution in [1.82, 2.24) is 4.90 Å². The summed E-state index contributed by atoms with van der Waals surface area (Å²) < 4.78 is 0. The minimum atomic E-state index is 0.264. The third kappa shape index (κ3) is 2.74. The Morgan fingerprint density at radius 3 is 2.65 bits per heavy atom. The number of hydrogen-bond acceptors (Lipinski definition) is 1. The molecule has 0 spiro atoms. The molecule has 2 nitrogen and oxygen atoms in total. The summed E-state index contributed by atoms with van der Waals surface area (Å²) in [6.07, 6.45) is 0.635. The van der Waals surface area contributed by atoms with Crippen LogP contribution in [0.3, 0.4) is 0 Å². The molecule has 2 heteroatoms. The van der Waals surface area contributed by atoms with Crippen molar-refractivity contribution in [1.29, 1.82) is 0 Å². The molecule has 1 fully saturated rings. The van der Waals surface area contributed by atoms with E-state index in [0.717, 1.165) is 13.1 Å². The monoisotopic (exact) mass is 265 g/mol. The van der Waals surface area contributed by atoms with Crippen LogP contribution in [-0.4, -0.2) is 17.4 Å². The van der Waals surface area contributed by atoms with Gasteiger partial charge in [-0.1, -0.05) is 60.2 Å². The zero-order valence-corrected chi connectivity index (χ0v) is 11.8. The van der Waals surface area contributed by atoms with E-state index >= 15 is 0 Å². The predicted octanol–water partition coefficient (Wildman–Crippen LogP) is 3.51. The van der Waals surface area contributed by atoms with Crippen LogP contribution < -0.4 is 0 Å². The van der Waals surface area contributed by atoms with Crippen LogP contribution in [0.4, 0.5) is 0 Å². The van der Waals surface area contributed by atoms with Crippen molar-refractivity contribution < 1.29 is 4.79 Å². The minimum absolute atomic E-state index is 0.264. The summed E-state index contributed by atoms with van der Waals surface area (Å²) in [5.74, 6) is 0.605. The van der Waals surface area contributed by atoms with Gasteiger partial charge in [-0.05, 0) is 18.1 Å². The molecule has 0 bridgehead atoms. The van der Waals surface area contributed by atoms with Crippen molar-refractivity contribution >= 4 is 5.91 Å². The maximum atomic E-state index is 12.2. The molecule has 102 valence electrons. The number of hydrogen-bond donors (Lipinski definition) is 0. The number of rotatable bonds is 3. The maximum Gasteiger partial charge on any atom is 0.223 e. The average Bonchev–Trinajstić information content (AvgIpc) is 2.81. The number of likely N-dealkylation sites (tertiary alicyclic amines) is 1. The zero-order valence-electron chi connectivity index (χ0n) is 11.8. The zero-order chi connectivity index (χ0) is 13.9. The van der Waals surface area contributed by atoms with E-state index in [1.807, 2.05) is 23.1 Å². The number of nitrogens with zero attached hydrogens (tertiary/aromatic N) is 1. The number of carbonyl (C=O) groups is 1. The Labute approximate surface area is 120 Å². The third-order valence-electron chi connectivity index (χ3n) is 3.94. The van der Waals surface area contributed by atoms with Crippen molar-refractivity contribution in [2.75, 3.05) is 6.54 Å². The van der Waals surface area contributed by atoms with Gasteiger partial charge in [0.2, 0.25) is 5.91 Å². The van der Waals surface area contributed by atoms with Gasteiger partial charge in [-0.3, -0.25) is 4.79 Å². The van der Waals surface area contributed by atoms with E-state index in [1.54, 1.807) is 0 Å². The lowest BCUT2D eigenvalue weighted by Crippen LogP contribution is -2.24. The summed E-state index contributed by atoms with van der Waals surface area (Å²) in [5, 5.41) is 0. The van der Waals surface area contributed by atoms with E-state index in [4.69, 9.17) is 0 Å². The van der Waals surface area contributed by atoms with Crippen LogP contribution in [0.1, 0.15) is 29.0 Å². The van der Waals surface area contributed by atoms with Crippen molar-refractivity contribution in [2.24, 2.45) is 0 Å². The van der Waals surface area contributed by atoms with Crippen molar-refractivity contribution in [3.8, 4) is 0 Å². The van der Waals surface area contributed by atoms with E-state index in [-0.39, 0.29) is 5.91 Å². The van der Waals surface area contributed by atoms with Crippen LogP contribution in [-0.2, 0) is 11.3 Å². The standard InChI is InChI=1S/C18H19NO/c1-14-6-5-7-15(10-14)12-19-13-17(11-18(19)20)16-8-3-2-4-9-16/h2-10,17H,11-13H2,1H3. The first-order chi connectivity index (χ1) is 9.72. The van der Waals surface area contributed by atoms with E-state index in [0.29, 0.717) is 12.3 Å². The van der Waals surface area contributed by atoms with Gasteiger partial charge in [-0.15, -0.1) is 0 Å². The van der Waals surface area contributed by atoms with Gasteiger partial charge in [0.25, 0.3) is 0 Å². The van der Waals surface area contributed by atoms with Gasteiger partial charge < -0.3 is 4.90 Å². The number of amides is 1. The highest BCUT2D eigenvalue weighted by atomic mass is 16.2. The van der Waals surface area contributed by atoms with Crippen LogP contribution in [0.5, 0.6) is 0 Å². The molecule has 2 aromatic carbocycles. The van der Waals surface area contributed by atoms with Crippen LogP contribution >= 0.6 is 0 Å². The molecule has 1 aliphatic rings. The molecule has 0 aromatic heterocycles. The van der Waals surface area contributed by atoms with Crippen molar-refractivity contribution in [3.63, 3.8) is 0 Å². The summed E-state index contributed by atoms with van der Waals surface area (Å²) in [7, 11) is 0. The van der Waals surface area contributed by atoms with E-state index in [9.17, 15) is 4.79 Å². The molecule has 20 heavy (non-hydrogen) atoms. The summed E-state index contributed by atoms with van der Waals surface area (Å²) in [4.78, 5) is 14.2. The molecule has 1 amide bonds. The smallest absolute Gasteiger partial charge is 0.223 e. The normalized spacial score (nSPS) is 18.6. The van der Waals surface area contributed by atoms with Gasteiger partial charge in [0.1, 0.15) is 0 Å². The highest BCUT2D eigenvalue weighted by molar-refractivity contribution is 5.79. The maximum absolute atomic E-state index is 12.2. The first-order valence-electron chi connectivity index (χ1n) is 7.10. The highest BCUT2D eigenvalue weighted by Gasteiger charge is 2.30. The van der Waals surface area contributed by atoms with Gasteiger partial charge in [-0.2, -0.15) is 0 Å². The molecule has 3 rings (SSSR count). The van der Waals surface area contributed by atoms with Gasteiger partial charge in [0.15, 0.2) is 0 Å². The quantitative estimate of drug-likeness (QED) is 0.831. The Hall–Kier alpha value is -2.09. The second-order valence-electron chi connectivity index (χ2n) is 5.58. The second-order valence-corrected chi connectivity index (χ2v) is 5.58. The number of aryl methyl sites for hydroxylation is 1. The molecule has 0 aliphatic carbocycles. The van der Waals surface area contributed by atoms with E-state index in [2.05, 4.69) is 43.3 Å². The second kappa shape index (κ2) is 5.49. The highest BCUT2D eigenvalue weighted by Crippen LogP contribution is 2.29. The number of carbonyl (C=O) groups excluding carboxylic acids is 1. The molecule has 1 unspecified atom stereocenters. The van der Waals surface area contributed by atoms with Gasteiger partial charge in [0, 0.05) is 25.4 Å². The Morgan fingerprint density at radius 2 is 1.90 bits per heavy atom. The molecular formula is C18H19NO. The molecule has 2 aromatic rings. The largest absolute Gasteiger partial charge is 0.338 e. The molecule has 1 heterocycles. The van der Waals surface area contributed by atoms with Crippen LogP contribution in [0, 0.1) is 6.92 Å². The molecule has 1 aliphatic heterocycles. The first-order valence-corrected chi connectivity index (χ1v) is 7.10. The lowest BCUT2D eigenvalue weighted by Gasteiger charge is -2.17. The fourth-order valence-corrected chi connectivity index (χ4v) is 2.90. The summed E-state index contributed by atoms with van der Waals surface area (Å²) in [5.41, 5.74) is 3.73. The Morgan fingerprint density at radius 1 is 1.10 bits per heavy atom. The minimum Gasteiger partial charge on any atom is -0.338 e. The summed E-state index contributed by atoms with van der Waals surface area (Å²) in [6.45, 7) is 3.64. The Bertz CT molecular complexity index is 606. The van der Waals surface area contributed by atoms with Crippen LogP contribution in [0.2, 0.25) is 0 Å². The fraction of sp³-hybridized carbons (Fsp3) is 0.278. The summed E-state index contributed by atoms with van der Waals surface area (Å²) >= 11 is 0. The van der Waals surface area contributed by atoms with Crippen molar-refractivity contribution in [3.05, 3.63) is 71.3 Å². The summed E-state index contributed by atoms with van der Waals surface area (Å²) in [6, 6.07) is 18.7. The van der Waals surface area contributed by atoms with Gasteiger partial charge in [0.05, 0.1) is 0 Å². The van der Waals surface area contributed by atoms with E-state index < -0.39 is 0 Å². The van der Waals surface area contributed by atoms with E-state index in [1.165, 1.54) is 16.7 Å². The lowest BCUT2D eigenvalue weighted by molar-refractivity contribution is -0.128. The molecule has 1 saturated heterocycles. The van der Waals surface area contributed by atoms with Crippen LogP contribution in [0.25, 0.3) is 0 Å².